The Kier molecular flexibility index (Phi) is 6.65. The van der Waals surface area contributed by atoms with E-state index in [4.69, 9.17) is 11.6 Å². The molecule has 0 aromatic carbocycles. The molecule has 4 nitrogen and oxygen atoms in total. The number of hydrogen-bond acceptors (Lipinski definition) is 3. The van der Waals surface area contributed by atoms with E-state index < -0.39 is 0 Å². The topological polar surface area (TPSA) is 54.9 Å². The fourth-order valence-electron chi connectivity index (χ4n) is 1.67. The van der Waals surface area contributed by atoms with Gasteiger partial charge in [-0.05, 0) is 32.3 Å². The quantitative estimate of drug-likeness (QED) is 0.611. The fraction of sp³-hybridized carbons (Fsp3) is 0.615. The molecular formula is C13H20ClN3O. The molecule has 0 unspecified atom stereocenters. The van der Waals surface area contributed by atoms with Crippen molar-refractivity contribution in [2.45, 2.75) is 39.5 Å². The molecule has 1 amide bonds. The van der Waals surface area contributed by atoms with Crippen LogP contribution in [0, 0.1) is 6.92 Å². The predicted octanol–water partition coefficient (Wildman–Crippen LogP) is 2.49. The normalized spacial score (nSPS) is 10.4. The average Bonchev–Trinajstić information content (AvgIpc) is 2.38. The molecule has 0 spiro atoms. The Hall–Kier alpha value is -1.16. The largest absolute Gasteiger partial charge is 0.352 e. The zero-order valence-electron chi connectivity index (χ0n) is 11.0. The summed E-state index contributed by atoms with van der Waals surface area (Å²) in [4.78, 5) is 12.0. The van der Waals surface area contributed by atoms with Crippen molar-refractivity contribution in [2.75, 3.05) is 12.4 Å². The van der Waals surface area contributed by atoms with Gasteiger partial charge in [-0.15, -0.1) is 11.6 Å². The van der Waals surface area contributed by atoms with Crippen LogP contribution in [-0.4, -0.2) is 28.5 Å². The van der Waals surface area contributed by atoms with E-state index in [-0.39, 0.29) is 5.91 Å². The standard InChI is InChI=1S/C13H20ClN3O/c1-3-12-11(9-10(2)16-17-12)13(18)15-8-6-4-5-7-14/h9H,3-8H2,1-2H3,(H,15,18). The Morgan fingerprint density at radius 3 is 2.78 bits per heavy atom. The Morgan fingerprint density at radius 1 is 1.33 bits per heavy atom. The molecule has 18 heavy (non-hydrogen) atoms. The maximum atomic E-state index is 12.0. The summed E-state index contributed by atoms with van der Waals surface area (Å²) < 4.78 is 0. The second kappa shape index (κ2) is 8.03. The molecule has 1 aromatic heterocycles. The van der Waals surface area contributed by atoms with Crippen molar-refractivity contribution < 1.29 is 4.79 Å². The summed E-state index contributed by atoms with van der Waals surface area (Å²) in [6.07, 6.45) is 3.70. The van der Waals surface area contributed by atoms with E-state index in [1.807, 2.05) is 13.8 Å². The van der Waals surface area contributed by atoms with Gasteiger partial charge >= 0.3 is 0 Å². The molecule has 0 saturated heterocycles. The third-order valence-corrected chi connectivity index (χ3v) is 2.94. The number of nitrogens with one attached hydrogen (secondary N) is 1. The molecule has 5 heteroatoms. The number of aryl methyl sites for hydroxylation is 2. The Labute approximate surface area is 113 Å². The first-order valence-electron chi connectivity index (χ1n) is 6.36. The molecule has 0 bridgehead atoms. The summed E-state index contributed by atoms with van der Waals surface area (Å²) in [6, 6.07) is 1.79. The zero-order chi connectivity index (χ0) is 13.4. The van der Waals surface area contributed by atoms with Crippen LogP contribution in [0.5, 0.6) is 0 Å². The number of hydrogen-bond donors (Lipinski definition) is 1. The first-order valence-corrected chi connectivity index (χ1v) is 6.89. The number of carbonyl (C=O) groups is 1. The van der Waals surface area contributed by atoms with Gasteiger partial charge in [0.05, 0.1) is 17.0 Å². The lowest BCUT2D eigenvalue weighted by Gasteiger charge is -2.08. The number of nitrogens with zero attached hydrogens (tertiary/aromatic N) is 2. The second-order valence-electron chi connectivity index (χ2n) is 4.21. The molecule has 0 aliphatic heterocycles. The van der Waals surface area contributed by atoms with Crippen molar-refractivity contribution in [3.8, 4) is 0 Å². The van der Waals surface area contributed by atoms with Crippen LogP contribution in [-0.2, 0) is 6.42 Å². The Bertz CT molecular complexity index is 396. The van der Waals surface area contributed by atoms with Crippen LogP contribution < -0.4 is 5.32 Å². The van der Waals surface area contributed by atoms with Crippen LogP contribution in [0.25, 0.3) is 0 Å². The van der Waals surface area contributed by atoms with Gasteiger partial charge in [0.25, 0.3) is 5.91 Å². The van der Waals surface area contributed by atoms with Gasteiger partial charge in [0.1, 0.15) is 0 Å². The molecule has 0 aliphatic carbocycles. The third-order valence-electron chi connectivity index (χ3n) is 2.67. The van der Waals surface area contributed by atoms with Crippen LogP contribution >= 0.6 is 11.6 Å². The van der Waals surface area contributed by atoms with Gasteiger partial charge in [-0.25, -0.2) is 0 Å². The molecule has 1 heterocycles. The van der Waals surface area contributed by atoms with Crippen molar-refractivity contribution in [2.24, 2.45) is 0 Å². The minimum Gasteiger partial charge on any atom is -0.352 e. The molecule has 0 aliphatic rings. The third kappa shape index (κ3) is 4.61. The van der Waals surface area contributed by atoms with Crippen LogP contribution in [0.15, 0.2) is 6.07 Å². The van der Waals surface area contributed by atoms with Gasteiger partial charge in [-0.3, -0.25) is 4.79 Å². The number of rotatable bonds is 7. The van der Waals surface area contributed by atoms with Gasteiger partial charge in [-0.1, -0.05) is 13.3 Å². The van der Waals surface area contributed by atoms with Crippen LogP contribution in [0.1, 0.15) is 47.9 Å². The van der Waals surface area contributed by atoms with Gasteiger partial charge < -0.3 is 5.32 Å². The first kappa shape index (κ1) is 14.9. The van der Waals surface area contributed by atoms with Gasteiger partial charge in [-0.2, -0.15) is 10.2 Å². The predicted molar refractivity (Wildman–Crippen MR) is 73.1 cm³/mol. The van der Waals surface area contributed by atoms with E-state index in [2.05, 4.69) is 15.5 Å². The summed E-state index contributed by atoms with van der Waals surface area (Å²) in [6.45, 7) is 4.49. The lowest BCUT2D eigenvalue weighted by atomic mass is 10.1. The monoisotopic (exact) mass is 269 g/mol. The van der Waals surface area contributed by atoms with E-state index in [1.54, 1.807) is 6.07 Å². The molecular weight excluding hydrogens is 250 g/mol. The second-order valence-corrected chi connectivity index (χ2v) is 4.58. The molecule has 100 valence electrons. The number of carbonyl (C=O) groups excluding carboxylic acids is 1. The average molecular weight is 270 g/mol. The number of alkyl halides is 1. The van der Waals surface area contributed by atoms with Crippen molar-refractivity contribution in [3.63, 3.8) is 0 Å². The maximum absolute atomic E-state index is 12.0. The number of halogens is 1. The minimum absolute atomic E-state index is 0.0595. The zero-order valence-corrected chi connectivity index (χ0v) is 11.8. The van der Waals surface area contributed by atoms with Gasteiger partial charge in [0, 0.05) is 12.4 Å². The van der Waals surface area contributed by atoms with E-state index in [0.717, 1.165) is 30.7 Å². The first-order chi connectivity index (χ1) is 8.69. The molecule has 1 rings (SSSR count). The highest BCUT2D eigenvalue weighted by Gasteiger charge is 2.11. The van der Waals surface area contributed by atoms with Crippen LogP contribution in [0.2, 0.25) is 0 Å². The van der Waals surface area contributed by atoms with Crippen molar-refractivity contribution in [3.05, 3.63) is 23.0 Å². The molecule has 0 fully saturated rings. The summed E-state index contributed by atoms with van der Waals surface area (Å²) in [5.41, 5.74) is 2.15. The molecule has 0 radical (unpaired) electrons. The SMILES string of the molecule is CCc1nnc(C)cc1C(=O)NCCCCCCl. The van der Waals surface area contributed by atoms with Crippen LogP contribution in [0.4, 0.5) is 0 Å². The highest BCUT2D eigenvalue weighted by Crippen LogP contribution is 2.07. The smallest absolute Gasteiger partial charge is 0.253 e. The van der Waals surface area contributed by atoms with Gasteiger partial charge in [0.2, 0.25) is 0 Å². The van der Waals surface area contributed by atoms with Crippen LogP contribution in [0.3, 0.4) is 0 Å². The number of unbranched alkanes of at least 4 members (excludes halogenated alkanes) is 2. The van der Waals surface area contributed by atoms with Gasteiger partial charge in [0.15, 0.2) is 0 Å². The summed E-state index contributed by atoms with van der Waals surface area (Å²) in [5, 5.41) is 10.9. The summed E-state index contributed by atoms with van der Waals surface area (Å²) in [5.74, 6) is 0.622. The Balaban J connectivity index is 2.52. The molecule has 0 saturated carbocycles. The molecule has 1 N–H and O–H groups in total. The summed E-state index contributed by atoms with van der Waals surface area (Å²) in [7, 11) is 0. The summed E-state index contributed by atoms with van der Waals surface area (Å²) >= 11 is 5.59. The van der Waals surface area contributed by atoms with Crippen molar-refractivity contribution >= 4 is 17.5 Å². The fourth-order valence-corrected chi connectivity index (χ4v) is 1.85. The van der Waals surface area contributed by atoms with Crippen molar-refractivity contribution in [1.29, 1.82) is 0 Å². The highest BCUT2D eigenvalue weighted by atomic mass is 35.5. The van der Waals surface area contributed by atoms with E-state index in [0.29, 0.717) is 24.4 Å². The maximum Gasteiger partial charge on any atom is 0.253 e. The molecule has 1 aromatic rings. The lowest BCUT2D eigenvalue weighted by molar-refractivity contribution is 0.0951. The minimum atomic E-state index is -0.0595. The van der Waals surface area contributed by atoms with Crippen molar-refractivity contribution in [1.82, 2.24) is 15.5 Å². The van der Waals surface area contributed by atoms with E-state index in [9.17, 15) is 4.79 Å². The lowest BCUT2D eigenvalue weighted by Crippen LogP contribution is -2.26. The molecule has 0 atom stereocenters. The highest BCUT2D eigenvalue weighted by molar-refractivity contribution is 6.17. The number of aromatic nitrogens is 2. The van der Waals surface area contributed by atoms with E-state index >= 15 is 0 Å². The number of amides is 1. The Morgan fingerprint density at radius 2 is 2.11 bits per heavy atom. The van der Waals surface area contributed by atoms with E-state index in [1.165, 1.54) is 0 Å².